The fraction of sp³-hybridized carbons (Fsp3) is 0.300. The second-order valence-corrected chi connectivity index (χ2v) is 9.23. The number of hydrogen-bond acceptors (Lipinski definition) is 7. The molecule has 1 aromatic heterocycles. The maximum Gasteiger partial charge on any atom is 0.293 e. The Morgan fingerprint density at radius 3 is 2.58 bits per heavy atom. The molecule has 0 bridgehead atoms. The molecule has 3 aromatic rings. The minimum absolute atomic E-state index is 0.168. The Morgan fingerprint density at radius 1 is 1.10 bits per heavy atom. The number of sulfonamides is 1. The van der Waals surface area contributed by atoms with Crippen molar-refractivity contribution >= 4 is 27.1 Å². The lowest BCUT2D eigenvalue weighted by Crippen LogP contribution is -2.34. The van der Waals surface area contributed by atoms with Gasteiger partial charge in [-0.05, 0) is 44.5 Å². The smallest absolute Gasteiger partial charge is 0.293 e. The topological polar surface area (TPSA) is 123 Å². The van der Waals surface area contributed by atoms with E-state index < -0.39 is 14.9 Å². The van der Waals surface area contributed by atoms with Gasteiger partial charge in [0.05, 0.1) is 28.6 Å². The Bertz CT molecular complexity index is 1280. The molecule has 2 aromatic carbocycles. The molecule has 0 spiro atoms. The van der Waals surface area contributed by atoms with E-state index in [4.69, 9.17) is 0 Å². The highest BCUT2D eigenvalue weighted by molar-refractivity contribution is 7.92. The molecule has 162 valence electrons. The number of nitrogens with one attached hydrogen (secondary N) is 1. The summed E-state index contributed by atoms with van der Waals surface area (Å²) in [4.78, 5) is 17.2. The molecule has 0 unspecified atom stereocenters. The molecule has 0 radical (unpaired) electrons. The van der Waals surface area contributed by atoms with Crippen molar-refractivity contribution in [1.82, 2.24) is 14.8 Å². The summed E-state index contributed by atoms with van der Waals surface area (Å²) in [6.45, 7) is 6.91. The molecule has 1 N–H and O–H groups in total. The highest BCUT2D eigenvalue weighted by atomic mass is 32.2. The minimum Gasteiger partial charge on any atom is -0.357 e. The maximum absolute atomic E-state index is 12.9. The number of nitrogens with zero attached hydrogens (tertiary/aromatic N) is 5. The van der Waals surface area contributed by atoms with E-state index in [-0.39, 0.29) is 10.6 Å². The number of nitro groups is 1. The van der Waals surface area contributed by atoms with E-state index in [9.17, 15) is 18.5 Å². The third-order valence-electron chi connectivity index (χ3n) is 5.19. The highest BCUT2D eigenvalue weighted by Gasteiger charge is 2.28. The summed E-state index contributed by atoms with van der Waals surface area (Å²) < 4.78 is 30.1. The fourth-order valence-corrected chi connectivity index (χ4v) is 4.83. The Labute approximate surface area is 179 Å². The van der Waals surface area contributed by atoms with Gasteiger partial charge in [0.2, 0.25) is 0 Å². The summed E-state index contributed by atoms with van der Waals surface area (Å²) in [6.07, 6.45) is 0. The molecule has 0 saturated carbocycles. The van der Waals surface area contributed by atoms with Crippen molar-refractivity contribution in [3.05, 3.63) is 69.3 Å². The number of rotatable bonds is 5. The van der Waals surface area contributed by atoms with Crippen molar-refractivity contribution in [3.8, 4) is 0 Å². The summed E-state index contributed by atoms with van der Waals surface area (Å²) in [7, 11) is -4.00. The zero-order valence-corrected chi connectivity index (χ0v) is 18.2. The van der Waals surface area contributed by atoms with Crippen LogP contribution in [-0.2, 0) is 23.1 Å². The first-order valence-electron chi connectivity index (χ1n) is 9.68. The molecule has 0 aliphatic carbocycles. The monoisotopic (exact) mass is 442 g/mol. The van der Waals surface area contributed by atoms with Crippen LogP contribution >= 0.6 is 0 Å². The Morgan fingerprint density at radius 2 is 1.87 bits per heavy atom. The van der Waals surface area contributed by atoms with Gasteiger partial charge in [-0.2, -0.15) is 5.10 Å². The number of benzene rings is 2. The Kier molecular flexibility index (Phi) is 5.13. The Balaban J connectivity index is 1.66. The molecule has 11 heteroatoms. The molecule has 1 aliphatic rings. The molecular weight excluding hydrogens is 420 g/mol. The first-order valence-corrected chi connectivity index (χ1v) is 11.2. The third-order valence-corrected chi connectivity index (χ3v) is 6.55. The first-order chi connectivity index (χ1) is 14.6. The van der Waals surface area contributed by atoms with Gasteiger partial charge >= 0.3 is 0 Å². The van der Waals surface area contributed by atoms with E-state index in [2.05, 4.69) is 14.8 Å². The van der Waals surface area contributed by atoms with Gasteiger partial charge in [0.25, 0.3) is 15.7 Å². The van der Waals surface area contributed by atoms with Gasteiger partial charge in [0, 0.05) is 12.6 Å². The molecular formula is C20H22N6O4S. The van der Waals surface area contributed by atoms with Crippen molar-refractivity contribution in [2.75, 3.05) is 16.2 Å². The van der Waals surface area contributed by atoms with Gasteiger partial charge in [-0.3, -0.25) is 14.8 Å². The number of fused-ring (bicyclic) bond motifs is 1. The van der Waals surface area contributed by atoms with Gasteiger partial charge in [-0.15, -0.1) is 0 Å². The average Bonchev–Trinajstić information content (AvgIpc) is 3.08. The molecule has 1 aliphatic heterocycles. The molecule has 0 atom stereocenters. The van der Waals surface area contributed by atoms with Crippen LogP contribution in [0.25, 0.3) is 0 Å². The normalized spacial score (nSPS) is 13.7. The summed E-state index contributed by atoms with van der Waals surface area (Å²) in [6, 6.07) is 9.31. The Hall–Kier alpha value is -3.47. The van der Waals surface area contributed by atoms with Crippen LogP contribution in [0, 0.1) is 30.9 Å². The molecule has 2 heterocycles. The van der Waals surface area contributed by atoms with Gasteiger partial charge in [0.15, 0.2) is 0 Å². The predicted molar refractivity (Wildman–Crippen MR) is 116 cm³/mol. The van der Waals surface area contributed by atoms with Crippen molar-refractivity contribution in [2.45, 2.75) is 38.8 Å². The zero-order valence-electron chi connectivity index (χ0n) is 17.4. The lowest BCUT2D eigenvalue weighted by atomic mass is 10.1. The summed E-state index contributed by atoms with van der Waals surface area (Å²) in [5, 5.41) is 16.1. The number of hydrogen-bond donors (Lipinski definition) is 1. The fourth-order valence-electron chi connectivity index (χ4n) is 3.68. The van der Waals surface area contributed by atoms with Gasteiger partial charge in [0.1, 0.15) is 17.3 Å². The van der Waals surface area contributed by atoms with Crippen molar-refractivity contribution in [2.24, 2.45) is 0 Å². The number of aromatic nitrogens is 3. The molecule has 31 heavy (non-hydrogen) atoms. The quantitative estimate of drug-likeness (QED) is 0.476. The average molecular weight is 443 g/mol. The second kappa shape index (κ2) is 7.65. The van der Waals surface area contributed by atoms with E-state index >= 15 is 0 Å². The molecule has 0 fully saturated rings. The molecule has 0 saturated heterocycles. The lowest BCUT2D eigenvalue weighted by molar-refractivity contribution is -0.384. The van der Waals surface area contributed by atoms with E-state index in [0.29, 0.717) is 42.7 Å². The summed E-state index contributed by atoms with van der Waals surface area (Å²) in [5.41, 5.74) is 2.29. The van der Waals surface area contributed by atoms with Crippen LogP contribution < -0.4 is 9.62 Å². The van der Waals surface area contributed by atoms with Crippen LogP contribution in [0.15, 0.2) is 41.3 Å². The maximum atomic E-state index is 12.9. The molecule has 10 nitrogen and oxygen atoms in total. The van der Waals surface area contributed by atoms with Gasteiger partial charge < -0.3 is 4.90 Å². The second-order valence-electron chi connectivity index (χ2n) is 7.55. The van der Waals surface area contributed by atoms with Crippen LogP contribution in [0.3, 0.4) is 0 Å². The lowest BCUT2D eigenvalue weighted by Gasteiger charge is -2.28. The van der Waals surface area contributed by atoms with Crippen molar-refractivity contribution < 1.29 is 13.3 Å². The van der Waals surface area contributed by atoms with Crippen LogP contribution in [0.2, 0.25) is 0 Å². The van der Waals surface area contributed by atoms with Crippen molar-refractivity contribution in [1.29, 1.82) is 0 Å². The van der Waals surface area contributed by atoms with Crippen LogP contribution in [0.1, 0.15) is 22.8 Å². The van der Waals surface area contributed by atoms with Crippen molar-refractivity contribution in [3.63, 3.8) is 0 Å². The third kappa shape index (κ3) is 4.08. The van der Waals surface area contributed by atoms with Gasteiger partial charge in [-0.1, -0.05) is 17.7 Å². The highest BCUT2D eigenvalue weighted by Crippen LogP contribution is 2.33. The zero-order chi connectivity index (χ0) is 22.3. The van der Waals surface area contributed by atoms with E-state index in [0.717, 1.165) is 17.2 Å². The largest absolute Gasteiger partial charge is 0.357 e. The molecule has 4 rings (SSSR count). The summed E-state index contributed by atoms with van der Waals surface area (Å²) >= 11 is 0. The van der Waals surface area contributed by atoms with E-state index in [1.54, 1.807) is 30.7 Å². The number of anilines is 2. The van der Waals surface area contributed by atoms with Crippen LogP contribution in [0.4, 0.5) is 17.1 Å². The molecule has 0 amide bonds. The summed E-state index contributed by atoms with van der Waals surface area (Å²) in [5.74, 6) is 1.36. The SMILES string of the molecule is Cc1ccc(NS(=O)(=O)c2ccc(N3CCn4nc(C)nc4C3)c([N+](=O)[O-])c2)c(C)c1. The van der Waals surface area contributed by atoms with Gasteiger partial charge in [-0.25, -0.2) is 18.1 Å². The van der Waals surface area contributed by atoms with Crippen LogP contribution in [0.5, 0.6) is 0 Å². The first kappa shape index (κ1) is 20.8. The predicted octanol–water partition coefficient (Wildman–Crippen LogP) is 2.93. The number of aryl methyl sites for hydroxylation is 3. The number of nitro benzene ring substituents is 1. The standard InChI is InChI=1S/C20H22N6O4S/c1-13-4-6-17(14(2)10-13)23-31(29,30)16-5-7-18(19(11-16)26(27)28)24-8-9-25-20(12-24)21-15(3)22-25/h4-7,10-11,23H,8-9,12H2,1-3H3. The van der Waals surface area contributed by atoms with Crippen LogP contribution in [-0.4, -0.2) is 34.7 Å². The minimum atomic E-state index is -4.00. The van der Waals surface area contributed by atoms with E-state index in [1.807, 2.05) is 17.9 Å². The van der Waals surface area contributed by atoms with E-state index in [1.165, 1.54) is 12.1 Å².